The molecule has 0 spiro atoms. The fraction of sp³-hybridized carbons (Fsp3) is 0.467. The molecule has 0 radical (unpaired) electrons. The van der Waals surface area contributed by atoms with Gasteiger partial charge in [0.1, 0.15) is 11.9 Å². The normalized spacial score (nSPS) is 17.4. The van der Waals surface area contributed by atoms with Gasteiger partial charge >= 0.3 is 0 Å². The Morgan fingerprint density at radius 2 is 2.05 bits per heavy atom. The van der Waals surface area contributed by atoms with Crippen molar-refractivity contribution in [1.82, 2.24) is 0 Å². The van der Waals surface area contributed by atoms with E-state index < -0.39 is 12.2 Å². The lowest BCUT2D eigenvalue weighted by atomic mass is 9.88. The van der Waals surface area contributed by atoms with Crippen molar-refractivity contribution in [2.45, 2.75) is 38.4 Å². The van der Waals surface area contributed by atoms with Gasteiger partial charge < -0.3 is 10.2 Å². The molecule has 4 nitrogen and oxygen atoms in total. The number of rotatable bonds is 4. The highest BCUT2D eigenvalue weighted by molar-refractivity contribution is 8.13. The van der Waals surface area contributed by atoms with Crippen LogP contribution in [0.5, 0.6) is 0 Å². The van der Waals surface area contributed by atoms with Crippen molar-refractivity contribution in [2.75, 3.05) is 5.75 Å². The average molecular weight is 294 g/mol. The van der Waals surface area contributed by atoms with Crippen molar-refractivity contribution in [2.24, 2.45) is 0 Å². The van der Waals surface area contributed by atoms with Crippen LogP contribution in [0.3, 0.4) is 0 Å². The largest absolute Gasteiger partial charge is 0.389 e. The third-order valence-corrected chi connectivity index (χ3v) is 4.37. The summed E-state index contributed by atoms with van der Waals surface area (Å²) in [6.45, 7) is 1.43. The molecule has 20 heavy (non-hydrogen) atoms. The number of thioether (sulfide) groups is 1. The number of ketones is 1. The van der Waals surface area contributed by atoms with Gasteiger partial charge in [-0.3, -0.25) is 9.59 Å². The third kappa shape index (κ3) is 3.69. The maximum absolute atomic E-state index is 11.4. The molecule has 0 heterocycles. The molecule has 5 heteroatoms. The molecule has 2 atom stereocenters. The number of carbonyl (C=O) groups is 2. The summed E-state index contributed by atoms with van der Waals surface area (Å²) in [5, 5.41) is 19.9. The van der Waals surface area contributed by atoms with Gasteiger partial charge in [0.25, 0.3) is 0 Å². The number of aliphatic hydroxyl groups excluding tert-OH is 2. The predicted molar refractivity (Wildman–Crippen MR) is 77.6 cm³/mol. The Balaban J connectivity index is 2.09. The lowest BCUT2D eigenvalue weighted by molar-refractivity contribution is -0.118. The van der Waals surface area contributed by atoms with E-state index in [4.69, 9.17) is 0 Å². The number of aryl methyl sites for hydroxylation is 1. The zero-order valence-electron chi connectivity index (χ0n) is 11.3. The highest BCUT2D eigenvalue weighted by atomic mass is 32.2. The summed E-state index contributed by atoms with van der Waals surface area (Å²) < 4.78 is 0. The smallest absolute Gasteiger partial charge is 0.185 e. The molecule has 0 aliphatic heterocycles. The number of hydrogen-bond acceptors (Lipinski definition) is 5. The lowest BCUT2D eigenvalue weighted by Crippen LogP contribution is -2.22. The summed E-state index contributed by atoms with van der Waals surface area (Å²) in [5.41, 5.74) is 2.70. The van der Waals surface area contributed by atoms with E-state index in [1.807, 2.05) is 12.1 Å². The maximum atomic E-state index is 11.4. The second-order valence-corrected chi connectivity index (χ2v) is 6.26. The van der Waals surface area contributed by atoms with Gasteiger partial charge in [-0.15, -0.1) is 0 Å². The Bertz CT molecular complexity index is 527. The summed E-state index contributed by atoms with van der Waals surface area (Å²) in [6, 6.07) is 5.44. The first-order chi connectivity index (χ1) is 9.47. The highest BCUT2D eigenvalue weighted by Crippen LogP contribution is 2.26. The maximum Gasteiger partial charge on any atom is 0.185 e. The zero-order valence-corrected chi connectivity index (χ0v) is 12.2. The molecule has 0 bridgehead atoms. The van der Waals surface area contributed by atoms with Crippen LogP contribution in [0.1, 0.15) is 36.1 Å². The SMILES string of the molecule is CC(=O)SCC(O)C(O)c1ccc2c(c1)CCC(=O)C2. The van der Waals surface area contributed by atoms with Crippen molar-refractivity contribution in [3.63, 3.8) is 0 Å². The van der Waals surface area contributed by atoms with Crippen molar-refractivity contribution >= 4 is 22.7 Å². The molecule has 2 N–H and O–H groups in total. The third-order valence-electron chi connectivity index (χ3n) is 3.45. The molecule has 1 aliphatic rings. The van der Waals surface area contributed by atoms with Crippen molar-refractivity contribution in [1.29, 1.82) is 0 Å². The second-order valence-electron chi connectivity index (χ2n) is 5.06. The fourth-order valence-corrected chi connectivity index (χ4v) is 2.91. The van der Waals surface area contributed by atoms with E-state index in [1.165, 1.54) is 6.92 Å². The highest BCUT2D eigenvalue weighted by Gasteiger charge is 2.22. The first-order valence-electron chi connectivity index (χ1n) is 6.60. The molecule has 108 valence electrons. The van der Waals surface area contributed by atoms with Crippen LogP contribution >= 0.6 is 11.8 Å². The number of carbonyl (C=O) groups excluding carboxylic acids is 2. The quantitative estimate of drug-likeness (QED) is 0.878. The van der Waals surface area contributed by atoms with Crippen LogP contribution < -0.4 is 0 Å². The monoisotopic (exact) mass is 294 g/mol. The minimum absolute atomic E-state index is 0.0831. The second kappa shape index (κ2) is 6.52. The van der Waals surface area contributed by atoms with Crippen molar-refractivity contribution in [3.8, 4) is 0 Å². The lowest BCUT2D eigenvalue weighted by Gasteiger charge is -2.21. The first-order valence-corrected chi connectivity index (χ1v) is 7.59. The summed E-state index contributed by atoms with van der Waals surface area (Å²) >= 11 is 0.998. The minimum Gasteiger partial charge on any atom is -0.389 e. The average Bonchev–Trinajstić information content (AvgIpc) is 2.43. The van der Waals surface area contributed by atoms with E-state index in [9.17, 15) is 19.8 Å². The molecule has 0 fully saturated rings. The molecular formula is C15H18O4S. The standard InChI is InChI=1S/C15H18O4S/c1-9(16)20-8-14(18)15(19)12-3-2-11-7-13(17)5-4-10(11)6-12/h2-3,6,14-15,18-19H,4-5,7-8H2,1H3. The number of fused-ring (bicyclic) bond motifs is 1. The van der Waals surface area contributed by atoms with E-state index in [0.29, 0.717) is 24.8 Å². The van der Waals surface area contributed by atoms with Gasteiger partial charge in [0.05, 0.1) is 6.10 Å². The summed E-state index contributed by atoms with van der Waals surface area (Å²) in [7, 11) is 0. The summed E-state index contributed by atoms with van der Waals surface area (Å²) in [5.74, 6) is 0.412. The zero-order chi connectivity index (χ0) is 14.7. The van der Waals surface area contributed by atoms with E-state index in [0.717, 1.165) is 22.9 Å². The van der Waals surface area contributed by atoms with Gasteiger partial charge in [-0.05, 0) is 23.1 Å². The topological polar surface area (TPSA) is 74.6 Å². The molecule has 0 saturated heterocycles. The number of benzene rings is 1. The molecule has 2 rings (SSSR count). The van der Waals surface area contributed by atoms with E-state index in [2.05, 4.69) is 0 Å². The molecule has 2 unspecified atom stereocenters. The van der Waals surface area contributed by atoms with E-state index in [-0.39, 0.29) is 16.7 Å². The molecule has 1 aromatic rings. The number of Topliss-reactive ketones (excluding diaryl/α,β-unsaturated/α-hetero) is 1. The molecule has 1 aliphatic carbocycles. The number of aliphatic hydroxyl groups is 2. The Hall–Kier alpha value is -1.17. The summed E-state index contributed by atoms with van der Waals surface area (Å²) in [6.07, 6.45) is -0.312. The number of hydrogen-bond donors (Lipinski definition) is 2. The molecule has 0 amide bonds. The van der Waals surface area contributed by atoms with Crippen LogP contribution in [0.2, 0.25) is 0 Å². The molecule has 0 aromatic heterocycles. The van der Waals surface area contributed by atoms with E-state index in [1.54, 1.807) is 6.07 Å². The van der Waals surface area contributed by atoms with Gasteiger partial charge in [-0.2, -0.15) is 0 Å². The van der Waals surface area contributed by atoms with Crippen LogP contribution in [-0.4, -0.2) is 33.0 Å². The fourth-order valence-electron chi connectivity index (χ4n) is 2.33. The van der Waals surface area contributed by atoms with Gasteiger partial charge in [0.2, 0.25) is 0 Å². The van der Waals surface area contributed by atoms with Gasteiger partial charge in [0, 0.05) is 25.5 Å². The van der Waals surface area contributed by atoms with Crippen LogP contribution in [0, 0.1) is 0 Å². The first kappa shape index (κ1) is 15.2. The Labute approximate surface area is 122 Å². The molecule has 0 saturated carbocycles. The Kier molecular flexibility index (Phi) is 4.96. The van der Waals surface area contributed by atoms with Gasteiger partial charge in [-0.1, -0.05) is 30.0 Å². The molecular weight excluding hydrogens is 276 g/mol. The van der Waals surface area contributed by atoms with Crippen molar-refractivity contribution < 1.29 is 19.8 Å². The van der Waals surface area contributed by atoms with Crippen LogP contribution in [-0.2, 0) is 22.4 Å². The van der Waals surface area contributed by atoms with E-state index >= 15 is 0 Å². The Morgan fingerprint density at radius 1 is 1.30 bits per heavy atom. The van der Waals surface area contributed by atoms with Crippen LogP contribution in [0.4, 0.5) is 0 Å². The predicted octanol–water partition coefficient (Wildman–Crippen LogP) is 1.42. The van der Waals surface area contributed by atoms with Crippen molar-refractivity contribution in [3.05, 3.63) is 34.9 Å². The molecule has 1 aromatic carbocycles. The van der Waals surface area contributed by atoms with Crippen LogP contribution in [0.15, 0.2) is 18.2 Å². The Morgan fingerprint density at radius 3 is 2.75 bits per heavy atom. The minimum atomic E-state index is -1.01. The summed E-state index contributed by atoms with van der Waals surface area (Å²) in [4.78, 5) is 22.2. The van der Waals surface area contributed by atoms with Gasteiger partial charge in [-0.25, -0.2) is 0 Å². The van der Waals surface area contributed by atoms with Crippen LogP contribution in [0.25, 0.3) is 0 Å². The van der Waals surface area contributed by atoms with Gasteiger partial charge in [0.15, 0.2) is 5.12 Å².